The van der Waals surface area contributed by atoms with Gasteiger partial charge in [-0.25, -0.2) is 0 Å². The highest BCUT2D eigenvalue weighted by atomic mass is 16.3. The number of aromatic nitrogens is 1. The summed E-state index contributed by atoms with van der Waals surface area (Å²) < 4.78 is 6.24. The zero-order valence-electron chi connectivity index (χ0n) is 15.7. The van der Waals surface area contributed by atoms with Gasteiger partial charge >= 0.3 is 0 Å². The molecule has 1 atom stereocenters. The van der Waals surface area contributed by atoms with Crippen molar-refractivity contribution in [3.63, 3.8) is 0 Å². The molecule has 2 heterocycles. The van der Waals surface area contributed by atoms with Crippen LogP contribution in [0.5, 0.6) is 0 Å². The summed E-state index contributed by atoms with van der Waals surface area (Å²) in [7, 11) is 0. The second-order valence-corrected chi connectivity index (χ2v) is 7.41. The fraction of sp³-hybridized carbons (Fsp3) is 0.292. The zero-order chi connectivity index (χ0) is 18.2. The molecule has 2 aromatic carbocycles. The van der Waals surface area contributed by atoms with Gasteiger partial charge in [0.2, 0.25) is 0 Å². The number of rotatable bonds is 4. The highest BCUT2D eigenvalue weighted by Gasteiger charge is 2.27. The molecule has 0 radical (unpaired) electrons. The molecule has 27 heavy (non-hydrogen) atoms. The van der Waals surface area contributed by atoms with Crippen LogP contribution in [0.2, 0.25) is 0 Å². The average molecular weight is 356 g/mol. The molecule has 0 N–H and O–H groups in total. The van der Waals surface area contributed by atoms with E-state index in [0.717, 1.165) is 30.7 Å². The molecule has 5 rings (SSSR count). The van der Waals surface area contributed by atoms with Crippen molar-refractivity contribution >= 4 is 21.9 Å². The second-order valence-electron chi connectivity index (χ2n) is 7.41. The maximum Gasteiger partial charge on any atom is 0.139 e. The Kier molecular flexibility index (Phi) is 4.17. The van der Waals surface area contributed by atoms with Gasteiger partial charge in [0.05, 0.1) is 11.7 Å². The molecule has 0 saturated heterocycles. The lowest BCUT2D eigenvalue weighted by Gasteiger charge is -2.34. The molecule has 0 aliphatic heterocycles. The number of nitrogens with zero attached hydrogens (tertiary/aromatic N) is 2. The fourth-order valence-electron chi connectivity index (χ4n) is 4.53. The van der Waals surface area contributed by atoms with Gasteiger partial charge in [-0.05, 0) is 43.5 Å². The quantitative estimate of drug-likeness (QED) is 0.457. The lowest BCUT2D eigenvalue weighted by Crippen LogP contribution is -2.31. The summed E-state index contributed by atoms with van der Waals surface area (Å²) in [6.07, 6.45) is 5.49. The van der Waals surface area contributed by atoms with Gasteiger partial charge in [0.25, 0.3) is 0 Å². The predicted molar refractivity (Wildman–Crippen MR) is 110 cm³/mol. The van der Waals surface area contributed by atoms with Crippen LogP contribution in [0, 0.1) is 0 Å². The monoisotopic (exact) mass is 356 g/mol. The number of pyridine rings is 1. The van der Waals surface area contributed by atoms with E-state index < -0.39 is 0 Å². The van der Waals surface area contributed by atoms with Crippen LogP contribution in [0.1, 0.15) is 42.6 Å². The van der Waals surface area contributed by atoms with Crippen LogP contribution < -0.4 is 0 Å². The highest BCUT2D eigenvalue weighted by molar-refractivity contribution is 6.05. The van der Waals surface area contributed by atoms with E-state index in [1.165, 1.54) is 40.4 Å². The Labute approximate surface area is 159 Å². The first-order chi connectivity index (χ1) is 13.3. The molecular formula is C24H24N2O. The van der Waals surface area contributed by atoms with Crippen LogP contribution in [0.3, 0.4) is 0 Å². The standard InChI is InChI=1S/C24H24N2O/c1-2-26(21-13-6-8-17-10-7-15-25-23(17)21)16-18-9-5-12-20-19-11-3-4-14-22(19)27-24(18)20/h3-5,7,9-12,14-15,21H,2,6,8,13,16H2,1H3/t21-/m1/s1. The molecule has 1 aliphatic carbocycles. The van der Waals surface area contributed by atoms with Crippen molar-refractivity contribution in [1.82, 2.24) is 9.88 Å². The third-order valence-corrected chi connectivity index (χ3v) is 5.87. The van der Waals surface area contributed by atoms with Crippen molar-refractivity contribution in [2.75, 3.05) is 6.54 Å². The molecule has 2 aromatic heterocycles. The number of furan rings is 1. The topological polar surface area (TPSA) is 29.3 Å². The Morgan fingerprint density at radius 3 is 2.85 bits per heavy atom. The summed E-state index contributed by atoms with van der Waals surface area (Å²) in [5.41, 5.74) is 5.92. The van der Waals surface area contributed by atoms with Crippen molar-refractivity contribution in [3.8, 4) is 0 Å². The predicted octanol–water partition coefficient (Wildman–Crippen LogP) is 5.88. The third kappa shape index (κ3) is 2.83. The molecule has 0 bridgehead atoms. The number of aryl methyl sites for hydroxylation is 1. The minimum Gasteiger partial charge on any atom is -0.456 e. The van der Waals surface area contributed by atoms with Crippen molar-refractivity contribution in [2.45, 2.75) is 38.8 Å². The Bertz CT molecular complexity index is 1100. The van der Waals surface area contributed by atoms with Gasteiger partial charge in [0, 0.05) is 29.1 Å². The summed E-state index contributed by atoms with van der Waals surface area (Å²) in [5.74, 6) is 0. The van der Waals surface area contributed by atoms with Gasteiger partial charge in [-0.1, -0.05) is 49.4 Å². The van der Waals surface area contributed by atoms with E-state index in [0.29, 0.717) is 6.04 Å². The van der Waals surface area contributed by atoms with Gasteiger partial charge in [-0.15, -0.1) is 0 Å². The average Bonchev–Trinajstić information content (AvgIpc) is 3.11. The van der Waals surface area contributed by atoms with Gasteiger partial charge in [0.1, 0.15) is 11.2 Å². The van der Waals surface area contributed by atoms with E-state index in [4.69, 9.17) is 9.40 Å². The minimum absolute atomic E-state index is 0.389. The van der Waals surface area contributed by atoms with Crippen molar-refractivity contribution in [1.29, 1.82) is 0 Å². The van der Waals surface area contributed by atoms with E-state index in [-0.39, 0.29) is 0 Å². The number of fused-ring (bicyclic) bond motifs is 4. The largest absolute Gasteiger partial charge is 0.456 e. The Balaban J connectivity index is 1.54. The molecule has 4 aromatic rings. The van der Waals surface area contributed by atoms with Gasteiger partial charge in [-0.3, -0.25) is 9.88 Å². The van der Waals surface area contributed by atoms with Gasteiger partial charge in [-0.2, -0.15) is 0 Å². The smallest absolute Gasteiger partial charge is 0.139 e. The van der Waals surface area contributed by atoms with Crippen molar-refractivity contribution < 1.29 is 4.42 Å². The van der Waals surface area contributed by atoms with E-state index in [1.54, 1.807) is 0 Å². The lowest BCUT2D eigenvalue weighted by atomic mass is 9.90. The Morgan fingerprint density at radius 2 is 1.93 bits per heavy atom. The Morgan fingerprint density at radius 1 is 1.04 bits per heavy atom. The Hall–Kier alpha value is -2.65. The molecule has 0 unspecified atom stereocenters. The number of para-hydroxylation sites is 2. The summed E-state index contributed by atoms with van der Waals surface area (Å²) in [6.45, 7) is 4.13. The van der Waals surface area contributed by atoms with Gasteiger partial charge < -0.3 is 4.42 Å². The maximum atomic E-state index is 6.24. The molecule has 0 fully saturated rings. The molecule has 1 aliphatic rings. The first-order valence-electron chi connectivity index (χ1n) is 9.92. The molecule has 3 heteroatoms. The van der Waals surface area contributed by atoms with Crippen LogP contribution in [-0.2, 0) is 13.0 Å². The molecular weight excluding hydrogens is 332 g/mol. The first kappa shape index (κ1) is 16.5. The SMILES string of the molecule is CCN(Cc1cccc2c1oc1ccccc12)[C@@H]1CCCc2cccnc21. The summed E-state index contributed by atoms with van der Waals surface area (Å²) >= 11 is 0. The maximum absolute atomic E-state index is 6.24. The van der Waals surface area contributed by atoms with Gasteiger partial charge in [0.15, 0.2) is 0 Å². The van der Waals surface area contributed by atoms with Crippen molar-refractivity contribution in [3.05, 3.63) is 77.6 Å². The molecule has 0 amide bonds. The number of hydrogen-bond acceptors (Lipinski definition) is 3. The van der Waals surface area contributed by atoms with Crippen LogP contribution in [-0.4, -0.2) is 16.4 Å². The molecule has 0 spiro atoms. The van der Waals surface area contributed by atoms with Crippen LogP contribution in [0.15, 0.2) is 65.2 Å². The second kappa shape index (κ2) is 6.82. The van der Waals surface area contributed by atoms with E-state index >= 15 is 0 Å². The van der Waals surface area contributed by atoms with Crippen LogP contribution in [0.25, 0.3) is 21.9 Å². The van der Waals surface area contributed by atoms with Crippen LogP contribution >= 0.6 is 0 Å². The first-order valence-corrected chi connectivity index (χ1v) is 9.92. The van der Waals surface area contributed by atoms with E-state index in [1.807, 2.05) is 12.3 Å². The minimum atomic E-state index is 0.389. The molecule has 136 valence electrons. The fourth-order valence-corrected chi connectivity index (χ4v) is 4.53. The summed E-state index contributed by atoms with van der Waals surface area (Å²) in [4.78, 5) is 7.29. The summed E-state index contributed by atoms with van der Waals surface area (Å²) in [6, 6.07) is 19.5. The van der Waals surface area contributed by atoms with Crippen molar-refractivity contribution in [2.24, 2.45) is 0 Å². The summed E-state index contributed by atoms with van der Waals surface area (Å²) in [5, 5.41) is 2.41. The normalized spacial score (nSPS) is 16.9. The third-order valence-electron chi connectivity index (χ3n) is 5.87. The number of hydrogen-bond donors (Lipinski definition) is 0. The van der Waals surface area contributed by atoms with E-state index in [2.05, 4.69) is 60.4 Å². The van der Waals surface area contributed by atoms with Crippen LogP contribution in [0.4, 0.5) is 0 Å². The van der Waals surface area contributed by atoms with E-state index in [9.17, 15) is 0 Å². The number of benzene rings is 2. The molecule has 0 saturated carbocycles. The lowest BCUT2D eigenvalue weighted by molar-refractivity contribution is 0.175. The zero-order valence-corrected chi connectivity index (χ0v) is 15.7. The highest BCUT2D eigenvalue weighted by Crippen LogP contribution is 2.36. The molecule has 3 nitrogen and oxygen atoms in total.